The Balaban J connectivity index is 1.65. The van der Waals surface area contributed by atoms with Crippen LogP contribution in [0.1, 0.15) is 24.5 Å². The lowest BCUT2D eigenvalue weighted by Gasteiger charge is -2.34. The van der Waals surface area contributed by atoms with Gasteiger partial charge in [-0.15, -0.1) is 0 Å². The van der Waals surface area contributed by atoms with Gasteiger partial charge in [-0.1, -0.05) is 31.2 Å². The number of aryl methyl sites for hydroxylation is 1. The van der Waals surface area contributed by atoms with Crippen LogP contribution >= 0.6 is 0 Å². The Kier molecular flexibility index (Phi) is 7.88. The third-order valence-corrected chi connectivity index (χ3v) is 4.51. The molecule has 0 bridgehead atoms. The molecule has 6 heteroatoms. The third kappa shape index (κ3) is 6.84. The van der Waals surface area contributed by atoms with E-state index in [4.69, 9.17) is 0 Å². The predicted octanol–water partition coefficient (Wildman–Crippen LogP) is 0.755. The van der Waals surface area contributed by atoms with Crippen molar-refractivity contribution in [2.24, 2.45) is 0 Å². The Hall–Kier alpha value is -1.92. The van der Waals surface area contributed by atoms with E-state index in [1.54, 1.807) is 0 Å². The fourth-order valence-electron chi connectivity index (χ4n) is 2.90. The van der Waals surface area contributed by atoms with Crippen molar-refractivity contribution >= 4 is 11.8 Å². The highest BCUT2D eigenvalue weighted by Gasteiger charge is 2.19. The fraction of sp³-hybridized carbons (Fsp3) is 0.579. The molecule has 1 aliphatic rings. The summed E-state index contributed by atoms with van der Waals surface area (Å²) in [7, 11) is 0. The van der Waals surface area contributed by atoms with Crippen molar-refractivity contribution in [2.75, 3.05) is 45.8 Å². The Labute approximate surface area is 150 Å². The van der Waals surface area contributed by atoms with Crippen LogP contribution in [0.25, 0.3) is 0 Å². The lowest BCUT2D eigenvalue weighted by atomic mass is 10.1. The average molecular weight is 346 g/mol. The summed E-state index contributed by atoms with van der Waals surface area (Å²) in [4.78, 5) is 28.0. The van der Waals surface area contributed by atoms with Crippen LogP contribution in [0.5, 0.6) is 0 Å². The maximum atomic E-state index is 12.0. The van der Waals surface area contributed by atoms with Crippen molar-refractivity contribution in [3.63, 3.8) is 0 Å². The third-order valence-electron chi connectivity index (χ3n) is 4.51. The van der Waals surface area contributed by atoms with Crippen LogP contribution < -0.4 is 10.6 Å². The molecule has 25 heavy (non-hydrogen) atoms. The van der Waals surface area contributed by atoms with Gasteiger partial charge < -0.3 is 10.6 Å². The number of carbonyl (C=O) groups excluding carboxylic acids is 2. The average Bonchev–Trinajstić information content (AvgIpc) is 2.62. The molecule has 1 heterocycles. The van der Waals surface area contributed by atoms with Gasteiger partial charge in [0.05, 0.1) is 13.1 Å². The first-order valence-electron chi connectivity index (χ1n) is 9.11. The first-order chi connectivity index (χ1) is 12.1. The number of hydrogen-bond acceptors (Lipinski definition) is 4. The normalized spacial score (nSPS) is 15.8. The highest BCUT2D eigenvalue weighted by atomic mass is 16.2. The van der Waals surface area contributed by atoms with E-state index < -0.39 is 0 Å². The highest BCUT2D eigenvalue weighted by molar-refractivity contribution is 5.85. The lowest BCUT2D eigenvalue weighted by Crippen LogP contribution is -2.50. The van der Waals surface area contributed by atoms with E-state index in [1.165, 1.54) is 11.1 Å². The zero-order chi connectivity index (χ0) is 18.1. The molecule has 0 atom stereocenters. The molecule has 138 valence electrons. The van der Waals surface area contributed by atoms with Gasteiger partial charge >= 0.3 is 0 Å². The molecule has 0 aliphatic carbocycles. The number of amides is 2. The van der Waals surface area contributed by atoms with E-state index in [9.17, 15) is 9.59 Å². The van der Waals surface area contributed by atoms with Gasteiger partial charge in [-0.3, -0.25) is 19.4 Å². The second-order valence-electron chi connectivity index (χ2n) is 6.61. The monoisotopic (exact) mass is 346 g/mol. The number of hydrogen-bond donors (Lipinski definition) is 2. The molecule has 2 rings (SSSR count). The quantitative estimate of drug-likeness (QED) is 0.729. The maximum absolute atomic E-state index is 12.0. The molecule has 0 spiro atoms. The molecule has 1 aliphatic heterocycles. The van der Waals surface area contributed by atoms with Gasteiger partial charge in [-0.05, 0) is 24.5 Å². The zero-order valence-electron chi connectivity index (χ0n) is 15.4. The minimum absolute atomic E-state index is 0.0616. The first kappa shape index (κ1) is 19.4. The minimum Gasteiger partial charge on any atom is -0.355 e. The molecule has 0 saturated carbocycles. The van der Waals surface area contributed by atoms with Crippen LogP contribution in [0.15, 0.2) is 24.3 Å². The van der Waals surface area contributed by atoms with Gasteiger partial charge in [0.1, 0.15) is 0 Å². The number of nitrogens with zero attached hydrogens (tertiary/aromatic N) is 2. The first-order valence-corrected chi connectivity index (χ1v) is 9.11. The van der Waals surface area contributed by atoms with Crippen LogP contribution in [0.3, 0.4) is 0 Å². The van der Waals surface area contributed by atoms with Gasteiger partial charge in [0.25, 0.3) is 0 Å². The van der Waals surface area contributed by atoms with E-state index in [1.807, 2.05) is 6.92 Å². The second kappa shape index (κ2) is 10.2. The van der Waals surface area contributed by atoms with Gasteiger partial charge in [0.15, 0.2) is 0 Å². The maximum Gasteiger partial charge on any atom is 0.239 e. The van der Waals surface area contributed by atoms with Crippen molar-refractivity contribution in [1.82, 2.24) is 20.4 Å². The summed E-state index contributed by atoms with van der Waals surface area (Å²) in [6, 6.07) is 8.48. The number of piperazine rings is 1. The molecule has 0 unspecified atom stereocenters. The summed E-state index contributed by atoms with van der Waals surface area (Å²) in [6.45, 7) is 9.84. The van der Waals surface area contributed by atoms with Crippen LogP contribution in [0, 0.1) is 6.92 Å². The van der Waals surface area contributed by atoms with Gasteiger partial charge in [-0.25, -0.2) is 0 Å². The SMILES string of the molecule is CCCNC(=O)CNC(=O)CN1CCN(Cc2ccccc2C)CC1. The molecule has 1 aromatic rings. The van der Waals surface area contributed by atoms with Crippen LogP contribution in [0.4, 0.5) is 0 Å². The molecular formula is C19H30N4O2. The Bertz CT molecular complexity index is 568. The Morgan fingerprint density at radius 1 is 1.00 bits per heavy atom. The van der Waals surface area contributed by atoms with Crippen LogP contribution in [0.2, 0.25) is 0 Å². The minimum atomic E-state index is -0.127. The molecule has 1 saturated heterocycles. The largest absolute Gasteiger partial charge is 0.355 e. The van der Waals surface area contributed by atoms with Gasteiger partial charge in [-0.2, -0.15) is 0 Å². The molecule has 1 aromatic carbocycles. The second-order valence-corrected chi connectivity index (χ2v) is 6.61. The van der Waals surface area contributed by atoms with Crippen molar-refractivity contribution < 1.29 is 9.59 Å². The molecule has 0 radical (unpaired) electrons. The predicted molar refractivity (Wildman–Crippen MR) is 99.2 cm³/mol. The Morgan fingerprint density at radius 3 is 2.36 bits per heavy atom. The van der Waals surface area contributed by atoms with E-state index >= 15 is 0 Å². The standard InChI is InChI=1S/C19H30N4O2/c1-3-8-20-18(24)13-21-19(25)15-23-11-9-22(10-12-23)14-17-7-5-4-6-16(17)2/h4-7H,3,8-15H2,1-2H3,(H,20,24)(H,21,25). The van der Waals surface area contributed by atoms with Crippen molar-refractivity contribution in [1.29, 1.82) is 0 Å². The van der Waals surface area contributed by atoms with Crippen molar-refractivity contribution in [3.05, 3.63) is 35.4 Å². The molecule has 2 amide bonds. The highest BCUT2D eigenvalue weighted by Crippen LogP contribution is 2.12. The lowest BCUT2D eigenvalue weighted by molar-refractivity contribution is -0.127. The molecule has 1 fully saturated rings. The summed E-state index contributed by atoms with van der Waals surface area (Å²) in [6.07, 6.45) is 0.895. The number of nitrogens with one attached hydrogen (secondary N) is 2. The van der Waals surface area contributed by atoms with Gasteiger partial charge in [0.2, 0.25) is 11.8 Å². The molecule has 0 aromatic heterocycles. The van der Waals surface area contributed by atoms with E-state index in [0.29, 0.717) is 13.1 Å². The Morgan fingerprint density at radius 2 is 1.68 bits per heavy atom. The van der Waals surface area contributed by atoms with Crippen LogP contribution in [-0.4, -0.2) is 67.4 Å². The van der Waals surface area contributed by atoms with Crippen LogP contribution in [-0.2, 0) is 16.1 Å². The van der Waals surface area contributed by atoms with E-state index in [0.717, 1.165) is 39.1 Å². The number of carbonyl (C=O) groups is 2. The fourth-order valence-corrected chi connectivity index (χ4v) is 2.90. The molecule has 2 N–H and O–H groups in total. The smallest absolute Gasteiger partial charge is 0.239 e. The summed E-state index contributed by atoms with van der Waals surface area (Å²) in [5.41, 5.74) is 2.69. The van der Waals surface area contributed by atoms with Gasteiger partial charge in [0, 0.05) is 39.3 Å². The molecule has 6 nitrogen and oxygen atoms in total. The summed E-state index contributed by atoms with van der Waals surface area (Å²) < 4.78 is 0. The van der Waals surface area contributed by atoms with E-state index in [2.05, 4.69) is 51.6 Å². The van der Waals surface area contributed by atoms with Crippen molar-refractivity contribution in [2.45, 2.75) is 26.8 Å². The zero-order valence-corrected chi connectivity index (χ0v) is 15.4. The summed E-state index contributed by atoms with van der Waals surface area (Å²) >= 11 is 0. The number of rotatable bonds is 8. The molecular weight excluding hydrogens is 316 g/mol. The summed E-state index contributed by atoms with van der Waals surface area (Å²) in [5.74, 6) is -0.211. The number of benzene rings is 1. The topological polar surface area (TPSA) is 64.7 Å². The van der Waals surface area contributed by atoms with Crippen molar-refractivity contribution in [3.8, 4) is 0 Å². The van der Waals surface area contributed by atoms with E-state index in [-0.39, 0.29) is 18.4 Å². The summed E-state index contributed by atoms with van der Waals surface area (Å²) in [5, 5.41) is 5.44.